The Morgan fingerprint density at radius 1 is 1.07 bits per heavy atom. The second-order valence-electron chi connectivity index (χ2n) is 6.28. The molecule has 0 amide bonds. The average molecular weight is 400 g/mol. The lowest BCUT2D eigenvalue weighted by atomic mass is 9.99. The van der Waals surface area contributed by atoms with Gasteiger partial charge in [-0.2, -0.15) is 0 Å². The van der Waals surface area contributed by atoms with E-state index in [1.807, 2.05) is 29.7 Å². The van der Waals surface area contributed by atoms with E-state index in [0.29, 0.717) is 47.7 Å². The van der Waals surface area contributed by atoms with Crippen molar-refractivity contribution < 1.29 is 19.1 Å². The zero-order chi connectivity index (χ0) is 20.1. The highest BCUT2D eigenvalue weighted by molar-refractivity contribution is 6.20. The minimum Gasteiger partial charge on any atom is -0.465 e. The SMILES string of the molecule is CCOCCn1cc(C(=O)c2ccc(CCl)cc2)c2c(C(=O)OC)cccc21. The number of nitrogens with zero attached hydrogens (tertiary/aromatic N) is 1. The second kappa shape index (κ2) is 9.04. The molecule has 3 aromatic rings. The van der Waals surface area contributed by atoms with E-state index in [1.165, 1.54) is 7.11 Å². The molecule has 28 heavy (non-hydrogen) atoms. The third-order valence-corrected chi connectivity index (χ3v) is 4.92. The van der Waals surface area contributed by atoms with Gasteiger partial charge in [-0.3, -0.25) is 4.79 Å². The van der Waals surface area contributed by atoms with Crippen molar-refractivity contribution in [3.63, 3.8) is 0 Å². The van der Waals surface area contributed by atoms with E-state index in [0.717, 1.165) is 11.1 Å². The first-order chi connectivity index (χ1) is 13.6. The molecule has 0 aliphatic heterocycles. The van der Waals surface area contributed by atoms with Gasteiger partial charge in [-0.15, -0.1) is 11.6 Å². The fraction of sp³-hybridized carbons (Fsp3) is 0.273. The molecule has 0 fully saturated rings. The van der Waals surface area contributed by atoms with Gasteiger partial charge in [-0.05, 0) is 24.6 Å². The first kappa shape index (κ1) is 20.1. The molecule has 0 spiro atoms. The lowest BCUT2D eigenvalue weighted by molar-refractivity contribution is 0.0603. The van der Waals surface area contributed by atoms with E-state index in [-0.39, 0.29) is 5.78 Å². The number of fused-ring (bicyclic) bond motifs is 1. The molecule has 0 saturated carbocycles. The van der Waals surface area contributed by atoms with Gasteiger partial charge in [0.1, 0.15) is 0 Å². The molecular formula is C22H22ClNO4. The molecule has 1 aromatic heterocycles. The van der Waals surface area contributed by atoms with Gasteiger partial charge in [-0.25, -0.2) is 4.79 Å². The third kappa shape index (κ3) is 3.96. The van der Waals surface area contributed by atoms with Crippen LogP contribution in [0.25, 0.3) is 10.9 Å². The van der Waals surface area contributed by atoms with Gasteiger partial charge in [0.05, 0.1) is 19.3 Å². The van der Waals surface area contributed by atoms with Crippen LogP contribution >= 0.6 is 11.6 Å². The second-order valence-corrected chi connectivity index (χ2v) is 6.55. The van der Waals surface area contributed by atoms with Gasteiger partial charge in [0.15, 0.2) is 5.78 Å². The minimum atomic E-state index is -0.473. The number of carbonyl (C=O) groups excluding carboxylic acids is 2. The molecule has 0 bridgehead atoms. The average Bonchev–Trinajstić information content (AvgIpc) is 3.11. The summed E-state index contributed by atoms with van der Waals surface area (Å²) in [5.41, 5.74) is 3.11. The number of rotatable bonds is 8. The molecular weight excluding hydrogens is 378 g/mol. The lowest BCUT2D eigenvalue weighted by Crippen LogP contribution is -2.05. The Bertz CT molecular complexity index is 992. The maximum absolute atomic E-state index is 13.2. The van der Waals surface area contributed by atoms with Gasteiger partial charge in [0, 0.05) is 47.3 Å². The van der Waals surface area contributed by atoms with Crippen molar-refractivity contribution in [2.75, 3.05) is 20.3 Å². The maximum Gasteiger partial charge on any atom is 0.338 e. The van der Waals surface area contributed by atoms with Crippen molar-refractivity contribution in [3.8, 4) is 0 Å². The molecule has 0 saturated heterocycles. The van der Waals surface area contributed by atoms with Crippen molar-refractivity contribution in [2.45, 2.75) is 19.3 Å². The molecule has 5 nitrogen and oxygen atoms in total. The van der Waals surface area contributed by atoms with E-state index in [2.05, 4.69) is 0 Å². The van der Waals surface area contributed by atoms with Gasteiger partial charge in [0.25, 0.3) is 0 Å². The zero-order valence-electron chi connectivity index (χ0n) is 15.9. The summed E-state index contributed by atoms with van der Waals surface area (Å²) in [6.45, 7) is 3.64. The Hall–Kier alpha value is -2.63. The minimum absolute atomic E-state index is 0.155. The van der Waals surface area contributed by atoms with Crippen molar-refractivity contribution in [1.82, 2.24) is 4.57 Å². The van der Waals surface area contributed by atoms with Crippen LogP contribution in [-0.4, -0.2) is 36.6 Å². The molecule has 6 heteroatoms. The van der Waals surface area contributed by atoms with Crippen LogP contribution < -0.4 is 0 Å². The van der Waals surface area contributed by atoms with Crippen LogP contribution in [0.3, 0.4) is 0 Å². The van der Waals surface area contributed by atoms with Crippen molar-refractivity contribution >= 4 is 34.3 Å². The number of benzene rings is 2. The Balaban J connectivity index is 2.13. The van der Waals surface area contributed by atoms with Crippen LogP contribution in [0.15, 0.2) is 48.7 Å². The highest BCUT2D eigenvalue weighted by Gasteiger charge is 2.22. The molecule has 2 aromatic carbocycles. The molecule has 1 heterocycles. The number of halogens is 1. The summed E-state index contributed by atoms with van der Waals surface area (Å²) >= 11 is 5.84. The summed E-state index contributed by atoms with van der Waals surface area (Å²) in [7, 11) is 1.33. The van der Waals surface area contributed by atoms with E-state index in [9.17, 15) is 9.59 Å². The van der Waals surface area contributed by atoms with Crippen LogP contribution in [0, 0.1) is 0 Å². The summed E-state index contributed by atoms with van der Waals surface area (Å²) in [5, 5.41) is 0.595. The van der Waals surface area contributed by atoms with Crippen molar-refractivity contribution in [2.24, 2.45) is 0 Å². The highest BCUT2D eigenvalue weighted by atomic mass is 35.5. The summed E-state index contributed by atoms with van der Waals surface area (Å²) in [6, 6.07) is 12.5. The Morgan fingerprint density at radius 3 is 2.46 bits per heavy atom. The Morgan fingerprint density at radius 2 is 1.82 bits per heavy atom. The first-order valence-corrected chi connectivity index (χ1v) is 9.61. The number of methoxy groups -OCH3 is 1. The number of ether oxygens (including phenoxy) is 2. The van der Waals surface area contributed by atoms with Crippen LogP contribution in [0.1, 0.15) is 38.8 Å². The number of esters is 1. The van der Waals surface area contributed by atoms with Crippen LogP contribution in [0.5, 0.6) is 0 Å². The Kier molecular flexibility index (Phi) is 6.49. The summed E-state index contributed by atoms with van der Waals surface area (Å²) in [5.74, 6) is -0.241. The summed E-state index contributed by atoms with van der Waals surface area (Å²) < 4.78 is 12.3. The maximum atomic E-state index is 13.2. The van der Waals surface area contributed by atoms with Crippen molar-refractivity contribution in [3.05, 3.63) is 70.9 Å². The largest absolute Gasteiger partial charge is 0.465 e. The zero-order valence-corrected chi connectivity index (χ0v) is 16.7. The van der Waals surface area contributed by atoms with Gasteiger partial charge in [-0.1, -0.05) is 30.3 Å². The summed E-state index contributed by atoms with van der Waals surface area (Å²) in [6.07, 6.45) is 1.79. The van der Waals surface area contributed by atoms with Gasteiger partial charge >= 0.3 is 5.97 Å². The first-order valence-electron chi connectivity index (χ1n) is 9.08. The third-order valence-electron chi connectivity index (χ3n) is 4.61. The van der Waals surface area contributed by atoms with E-state index >= 15 is 0 Å². The smallest absolute Gasteiger partial charge is 0.338 e. The molecule has 0 unspecified atom stereocenters. The molecule has 0 N–H and O–H groups in total. The molecule has 3 rings (SSSR count). The fourth-order valence-electron chi connectivity index (χ4n) is 3.20. The topological polar surface area (TPSA) is 57.5 Å². The number of carbonyl (C=O) groups is 2. The number of hydrogen-bond donors (Lipinski definition) is 0. The van der Waals surface area contributed by atoms with E-state index in [4.69, 9.17) is 21.1 Å². The van der Waals surface area contributed by atoms with Crippen LogP contribution in [0.4, 0.5) is 0 Å². The molecule has 0 aliphatic rings. The monoisotopic (exact) mass is 399 g/mol. The molecule has 0 atom stereocenters. The van der Waals surface area contributed by atoms with Crippen LogP contribution in [-0.2, 0) is 21.9 Å². The number of alkyl halides is 1. The predicted octanol–water partition coefficient (Wildman–Crippen LogP) is 4.43. The number of ketones is 1. The van der Waals surface area contributed by atoms with Crippen LogP contribution in [0.2, 0.25) is 0 Å². The fourth-order valence-corrected chi connectivity index (χ4v) is 3.38. The van der Waals surface area contributed by atoms with E-state index in [1.54, 1.807) is 30.5 Å². The Labute approximate surface area is 168 Å². The van der Waals surface area contributed by atoms with E-state index < -0.39 is 5.97 Å². The highest BCUT2D eigenvalue weighted by Crippen LogP contribution is 2.28. The molecule has 0 radical (unpaired) electrons. The van der Waals surface area contributed by atoms with Gasteiger partial charge < -0.3 is 14.0 Å². The number of hydrogen-bond acceptors (Lipinski definition) is 4. The summed E-state index contributed by atoms with van der Waals surface area (Å²) in [4.78, 5) is 25.5. The van der Waals surface area contributed by atoms with Crippen molar-refractivity contribution in [1.29, 1.82) is 0 Å². The lowest BCUT2D eigenvalue weighted by Gasteiger charge is -2.07. The predicted molar refractivity (Wildman–Crippen MR) is 109 cm³/mol. The quantitative estimate of drug-likeness (QED) is 0.243. The molecule has 146 valence electrons. The normalized spacial score (nSPS) is 11.0. The van der Waals surface area contributed by atoms with Gasteiger partial charge in [0.2, 0.25) is 0 Å². The standard InChI is InChI=1S/C22H22ClNO4/c1-3-28-12-11-24-14-18(21(25)16-9-7-15(13-23)8-10-16)20-17(22(26)27-2)5-4-6-19(20)24/h4-10,14H,3,11-13H2,1-2H3. The molecule has 0 aliphatic carbocycles. The number of aromatic nitrogens is 1.